The molecule has 0 amide bonds. The summed E-state index contributed by atoms with van der Waals surface area (Å²) in [5.41, 5.74) is 7.97. The number of nitrogens with two attached hydrogens (primary N) is 1. The van der Waals surface area contributed by atoms with Crippen LogP contribution in [0.4, 0.5) is 0 Å². The minimum atomic E-state index is 0.183. The molecule has 2 rings (SSSR count). The number of hydrazine groups is 1. The van der Waals surface area contributed by atoms with Crippen LogP contribution >= 0.6 is 0 Å². The van der Waals surface area contributed by atoms with Gasteiger partial charge in [0.15, 0.2) is 0 Å². The van der Waals surface area contributed by atoms with Gasteiger partial charge in [0, 0.05) is 18.3 Å². The number of pyridine rings is 1. The van der Waals surface area contributed by atoms with Crippen molar-refractivity contribution in [3.8, 4) is 5.88 Å². The van der Waals surface area contributed by atoms with Crippen molar-refractivity contribution in [1.29, 1.82) is 0 Å². The second kappa shape index (κ2) is 7.20. The molecule has 1 heterocycles. The number of hydrogen-bond donors (Lipinski definition) is 2. The van der Waals surface area contributed by atoms with Crippen molar-refractivity contribution < 1.29 is 4.74 Å². The molecular weight excluding hydrogens is 262 g/mol. The normalized spacial score (nSPS) is 12.2. The average molecular weight is 285 g/mol. The Morgan fingerprint density at radius 3 is 2.38 bits per heavy atom. The van der Waals surface area contributed by atoms with E-state index < -0.39 is 0 Å². The van der Waals surface area contributed by atoms with Gasteiger partial charge in [-0.15, -0.1) is 0 Å². The molecule has 3 N–H and O–H groups in total. The Morgan fingerprint density at radius 1 is 1.10 bits per heavy atom. The molecule has 1 aromatic heterocycles. The number of benzene rings is 1. The third-order valence-corrected chi connectivity index (χ3v) is 3.78. The van der Waals surface area contributed by atoms with Crippen LogP contribution in [0.1, 0.15) is 22.3 Å². The fourth-order valence-electron chi connectivity index (χ4n) is 2.34. The van der Waals surface area contributed by atoms with Gasteiger partial charge >= 0.3 is 0 Å². The second-order valence-corrected chi connectivity index (χ2v) is 5.40. The third kappa shape index (κ3) is 4.28. The zero-order chi connectivity index (χ0) is 15.2. The van der Waals surface area contributed by atoms with Crippen LogP contribution < -0.4 is 16.0 Å². The standard InChI is InChI=1S/C17H23N3O/c1-12-4-5-14(8-13(12)2)9-16(20-18)10-15-6-7-17(21-3)19-11-15/h4-8,11,16,20H,9-10,18H2,1-3H3. The molecule has 0 fully saturated rings. The van der Waals surface area contributed by atoms with Crippen molar-refractivity contribution >= 4 is 0 Å². The van der Waals surface area contributed by atoms with Gasteiger partial charge in [0.05, 0.1) is 7.11 Å². The van der Waals surface area contributed by atoms with E-state index in [2.05, 4.69) is 42.5 Å². The summed E-state index contributed by atoms with van der Waals surface area (Å²) in [6, 6.07) is 10.6. The highest BCUT2D eigenvalue weighted by Crippen LogP contribution is 2.14. The molecule has 0 aliphatic carbocycles. The van der Waals surface area contributed by atoms with Crippen molar-refractivity contribution in [2.24, 2.45) is 5.84 Å². The molecule has 4 nitrogen and oxygen atoms in total. The predicted octanol–water partition coefficient (Wildman–Crippen LogP) is 2.32. The predicted molar refractivity (Wildman–Crippen MR) is 85.2 cm³/mol. The van der Waals surface area contributed by atoms with E-state index in [4.69, 9.17) is 10.6 Å². The Kier molecular flexibility index (Phi) is 5.31. The summed E-state index contributed by atoms with van der Waals surface area (Å²) in [5, 5.41) is 0. The van der Waals surface area contributed by atoms with Crippen molar-refractivity contribution in [2.75, 3.05) is 7.11 Å². The molecule has 0 saturated carbocycles. The fraction of sp³-hybridized carbons (Fsp3) is 0.353. The lowest BCUT2D eigenvalue weighted by Crippen LogP contribution is -2.38. The van der Waals surface area contributed by atoms with Gasteiger partial charge < -0.3 is 4.74 Å². The van der Waals surface area contributed by atoms with Crippen LogP contribution in [0.3, 0.4) is 0 Å². The van der Waals surface area contributed by atoms with E-state index in [1.807, 2.05) is 18.3 Å². The number of nitrogens with zero attached hydrogens (tertiary/aromatic N) is 1. The van der Waals surface area contributed by atoms with E-state index >= 15 is 0 Å². The van der Waals surface area contributed by atoms with Crippen LogP contribution in [0.25, 0.3) is 0 Å². The molecule has 2 aromatic rings. The number of ether oxygens (including phenoxy) is 1. The molecule has 21 heavy (non-hydrogen) atoms. The number of hydrogen-bond acceptors (Lipinski definition) is 4. The first-order valence-electron chi connectivity index (χ1n) is 7.13. The molecule has 1 atom stereocenters. The summed E-state index contributed by atoms with van der Waals surface area (Å²) in [4.78, 5) is 4.23. The molecule has 0 spiro atoms. The summed E-state index contributed by atoms with van der Waals surface area (Å²) in [6.07, 6.45) is 3.56. The Morgan fingerprint density at radius 2 is 1.81 bits per heavy atom. The molecule has 0 bridgehead atoms. The van der Waals surface area contributed by atoms with Crippen LogP contribution in [0.5, 0.6) is 5.88 Å². The van der Waals surface area contributed by atoms with Gasteiger partial charge in [-0.2, -0.15) is 0 Å². The van der Waals surface area contributed by atoms with E-state index in [0.717, 1.165) is 18.4 Å². The Bertz CT molecular complexity index is 581. The number of rotatable bonds is 6. The number of nitrogens with one attached hydrogen (secondary N) is 1. The van der Waals surface area contributed by atoms with E-state index in [0.29, 0.717) is 5.88 Å². The average Bonchev–Trinajstić information content (AvgIpc) is 2.51. The van der Waals surface area contributed by atoms with Crippen molar-refractivity contribution in [1.82, 2.24) is 10.4 Å². The first-order chi connectivity index (χ1) is 10.1. The largest absolute Gasteiger partial charge is 0.481 e. The fourth-order valence-corrected chi connectivity index (χ4v) is 2.34. The summed E-state index contributed by atoms with van der Waals surface area (Å²) in [6.45, 7) is 4.26. The van der Waals surface area contributed by atoms with E-state index in [-0.39, 0.29) is 6.04 Å². The number of aryl methyl sites for hydroxylation is 2. The first kappa shape index (κ1) is 15.5. The quantitative estimate of drug-likeness (QED) is 0.631. The maximum atomic E-state index is 5.70. The zero-order valence-electron chi connectivity index (χ0n) is 12.9. The smallest absolute Gasteiger partial charge is 0.212 e. The molecule has 0 aliphatic rings. The van der Waals surface area contributed by atoms with Gasteiger partial charge in [0.1, 0.15) is 0 Å². The van der Waals surface area contributed by atoms with Gasteiger partial charge in [-0.05, 0) is 48.9 Å². The van der Waals surface area contributed by atoms with Crippen LogP contribution in [-0.2, 0) is 12.8 Å². The zero-order valence-corrected chi connectivity index (χ0v) is 12.9. The maximum Gasteiger partial charge on any atom is 0.212 e. The Balaban J connectivity index is 2.03. The van der Waals surface area contributed by atoms with Gasteiger partial charge in [-0.3, -0.25) is 11.3 Å². The minimum absolute atomic E-state index is 0.183. The molecule has 112 valence electrons. The van der Waals surface area contributed by atoms with Crippen LogP contribution in [0.2, 0.25) is 0 Å². The number of aromatic nitrogens is 1. The lowest BCUT2D eigenvalue weighted by molar-refractivity contribution is 0.397. The highest BCUT2D eigenvalue weighted by Gasteiger charge is 2.10. The van der Waals surface area contributed by atoms with Gasteiger partial charge in [0.2, 0.25) is 5.88 Å². The van der Waals surface area contributed by atoms with Gasteiger partial charge in [-0.25, -0.2) is 4.98 Å². The van der Waals surface area contributed by atoms with Crippen molar-refractivity contribution in [3.05, 3.63) is 58.8 Å². The monoisotopic (exact) mass is 285 g/mol. The molecular formula is C17H23N3O. The lowest BCUT2D eigenvalue weighted by Gasteiger charge is -2.16. The minimum Gasteiger partial charge on any atom is -0.481 e. The maximum absolute atomic E-state index is 5.70. The summed E-state index contributed by atoms with van der Waals surface area (Å²) >= 11 is 0. The molecule has 0 radical (unpaired) electrons. The van der Waals surface area contributed by atoms with Crippen LogP contribution in [0.15, 0.2) is 36.5 Å². The molecule has 0 aliphatic heterocycles. The Labute approximate surface area is 126 Å². The van der Waals surface area contributed by atoms with Crippen molar-refractivity contribution in [2.45, 2.75) is 32.7 Å². The van der Waals surface area contributed by atoms with Crippen molar-refractivity contribution in [3.63, 3.8) is 0 Å². The number of methoxy groups -OCH3 is 1. The topological polar surface area (TPSA) is 60.2 Å². The highest BCUT2D eigenvalue weighted by atomic mass is 16.5. The summed E-state index contributed by atoms with van der Waals surface area (Å²) in [7, 11) is 1.62. The van der Waals surface area contributed by atoms with E-state index in [1.165, 1.54) is 16.7 Å². The summed E-state index contributed by atoms with van der Waals surface area (Å²) in [5.74, 6) is 6.33. The van der Waals surface area contributed by atoms with E-state index in [9.17, 15) is 0 Å². The van der Waals surface area contributed by atoms with Gasteiger partial charge in [-0.1, -0.05) is 24.3 Å². The molecule has 0 saturated heterocycles. The highest BCUT2D eigenvalue weighted by molar-refractivity contribution is 5.30. The van der Waals surface area contributed by atoms with Gasteiger partial charge in [0.25, 0.3) is 0 Å². The van der Waals surface area contributed by atoms with E-state index in [1.54, 1.807) is 7.11 Å². The summed E-state index contributed by atoms with van der Waals surface area (Å²) < 4.78 is 5.07. The second-order valence-electron chi connectivity index (χ2n) is 5.40. The first-order valence-corrected chi connectivity index (χ1v) is 7.13. The molecule has 1 aromatic carbocycles. The molecule has 1 unspecified atom stereocenters. The van der Waals surface area contributed by atoms with Crippen LogP contribution in [-0.4, -0.2) is 18.1 Å². The van der Waals surface area contributed by atoms with Crippen LogP contribution in [0, 0.1) is 13.8 Å². The Hall–Kier alpha value is -1.91. The lowest BCUT2D eigenvalue weighted by atomic mass is 9.98. The molecule has 4 heteroatoms. The SMILES string of the molecule is COc1ccc(CC(Cc2ccc(C)c(C)c2)NN)cn1. The third-order valence-electron chi connectivity index (χ3n) is 3.78.